The molecule has 0 aliphatic carbocycles. The summed E-state index contributed by atoms with van der Waals surface area (Å²) in [5, 5.41) is 19.7. The number of phenolic OH excluding ortho intramolecular Hbond substituents is 1. The van der Waals surface area contributed by atoms with E-state index in [0.29, 0.717) is 18.1 Å². The Morgan fingerprint density at radius 2 is 1.85 bits per heavy atom. The lowest BCUT2D eigenvalue weighted by Gasteiger charge is -2.12. The Morgan fingerprint density at radius 3 is 2.47 bits per heavy atom. The first-order chi connectivity index (χ1) is 16.3. The zero-order valence-corrected chi connectivity index (χ0v) is 21.0. The number of ether oxygens (including phenoxy) is 2. The largest absolute Gasteiger partial charge is 0.506 e. The summed E-state index contributed by atoms with van der Waals surface area (Å²) in [4.78, 5) is 10.5. The fraction of sp³-hybridized carbons (Fsp3) is 0.200. The van der Waals surface area contributed by atoms with E-state index >= 15 is 0 Å². The van der Waals surface area contributed by atoms with Crippen molar-refractivity contribution >= 4 is 39.7 Å². The van der Waals surface area contributed by atoms with Crippen LogP contribution >= 0.6 is 27.5 Å². The van der Waals surface area contributed by atoms with E-state index in [2.05, 4.69) is 45.5 Å². The summed E-state index contributed by atoms with van der Waals surface area (Å²) in [5.41, 5.74) is 7.34. The maximum Gasteiger partial charge on any atom is 0.248 e. The minimum atomic E-state index is -0.563. The van der Waals surface area contributed by atoms with Crippen molar-refractivity contribution in [2.75, 3.05) is 26.8 Å². The van der Waals surface area contributed by atoms with Crippen molar-refractivity contribution in [3.8, 4) is 17.2 Å². The molecule has 3 aromatic carbocycles. The summed E-state index contributed by atoms with van der Waals surface area (Å²) >= 11 is 8.94. The molecule has 3 rings (SSSR count). The Kier molecular flexibility index (Phi) is 11.4. The van der Waals surface area contributed by atoms with Gasteiger partial charge in [-0.2, -0.15) is 0 Å². The number of hydrogen-bond donors (Lipinski definition) is 4. The van der Waals surface area contributed by atoms with Crippen LogP contribution in [0.2, 0.25) is 5.02 Å². The molecule has 0 saturated carbocycles. The van der Waals surface area contributed by atoms with E-state index in [9.17, 15) is 4.79 Å². The Balaban J connectivity index is 0.000000310. The Labute approximate surface area is 212 Å². The molecular formula is C25H27BrClN3O4. The molecule has 5 N–H and O–H groups in total. The van der Waals surface area contributed by atoms with Gasteiger partial charge in [-0.1, -0.05) is 39.7 Å². The second-order valence-corrected chi connectivity index (χ2v) is 8.38. The van der Waals surface area contributed by atoms with Gasteiger partial charge < -0.3 is 31.0 Å². The summed E-state index contributed by atoms with van der Waals surface area (Å²) in [6.45, 7) is 2.22. The number of rotatable bonds is 10. The number of benzene rings is 3. The lowest BCUT2D eigenvalue weighted by molar-refractivity contribution is 0.100. The first-order valence-corrected chi connectivity index (χ1v) is 11.6. The minimum absolute atomic E-state index is 0.0586. The number of carbonyl (C=O) groups excluding carboxylic acids is 1. The first kappa shape index (κ1) is 27.2. The van der Waals surface area contributed by atoms with E-state index in [1.807, 2.05) is 18.2 Å². The van der Waals surface area contributed by atoms with Gasteiger partial charge in [0.1, 0.15) is 12.4 Å². The molecule has 0 aromatic heterocycles. The molecule has 0 saturated heterocycles. The van der Waals surface area contributed by atoms with E-state index in [1.54, 1.807) is 7.11 Å². The summed E-state index contributed by atoms with van der Waals surface area (Å²) < 4.78 is 12.1. The van der Waals surface area contributed by atoms with Crippen molar-refractivity contribution in [1.82, 2.24) is 5.32 Å². The molecule has 3 aromatic rings. The Hall–Kier alpha value is -3.07. The van der Waals surface area contributed by atoms with E-state index < -0.39 is 5.91 Å². The van der Waals surface area contributed by atoms with Crippen molar-refractivity contribution in [3.05, 3.63) is 86.8 Å². The van der Waals surface area contributed by atoms with Gasteiger partial charge >= 0.3 is 0 Å². The summed E-state index contributed by atoms with van der Waals surface area (Å²) in [5.74, 6) is 0.734. The number of primary amides is 1. The lowest BCUT2D eigenvalue weighted by atomic mass is 10.1. The number of carbonyl (C=O) groups is 1. The van der Waals surface area contributed by atoms with Gasteiger partial charge in [0.15, 0.2) is 11.5 Å². The Morgan fingerprint density at radius 1 is 1.12 bits per heavy atom. The molecule has 0 spiro atoms. The lowest BCUT2D eigenvalue weighted by Crippen LogP contribution is -2.23. The number of halogens is 2. The molecular weight excluding hydrogens is 522 g/mol. The molecule has 0 unspecified atom stereocenters. The van der Waals surface area contributed by atoms with Gasteiger partial charge in [0.2, 0.25) is 5.91 Å². The van der Waals surface area contributed by atoms with Crippen LogP contribution in [0.15, 0.2) is 65.1 Å². The maximum absolute atomic E-state index is 10.5. The fourth-order valence-electron chi connectivity index (χ4n) is 2.80. The number of nitrogens with two attached hydrogens (primary N) is 1. The van der Waals surface area contributed by atoms with Crippen LogP contribution in [-0.4, -0.2) is 44.0 Å². The molecule has 0 aliphatic heterocycles. The van der Waals surface area contributed by atoms with Gasteiger partial charge in [-0.05, 0) is 72.6 Å². The predicted octanol–water partition coefficient (Wildman–Crippen LogP) is 4.81. The van der Waals surface area contributed by atoms with Gasteiger partial charge in [-0.3, -0.25) is 4.79 Å². The van der Waals surface area contributed by atoms with Crippen LogP contribution in [-0.2, 0) is 6.42 Å². The Bertz CT molecular complexity index is 1090. The van der Waals surface area contributed by atoms with Crippen LogP contribution in [0, 0.1) is 5.41 Å². The van der Waals surface area contributed by atoms with Crippen LogP contribution in [0.3, 0.4) is 0 Å². The molecule has 7 nitrogen and oxygen atoms in total. The number of phenols is 1. The molecule has 0 fully saturated rings. The zero-order chi connectivity index (χ0) is 24.9. The van der Waals surface area contributed by atoms with Crippen molar-refractivity contribution in [3.63, 3.8) is 0 Å². The topological polar surface area (TPSA) is 118 Å². The smallest absolute Gasteiger partial charge is 0.248 e. The maximum atomic E-state index is 10.5. The highest BCUT2D eigenvalue weighted by atomic mass is 79.9. The molecule has 0 atom stereocenters. The van der Waals surface area contributed by atoms with Gasteiger partial charge in [-0.15, -0.1) is 0 Å². The first-order valence-electron chi connectivity index (χ1n) is 10.4. The number of amides is 1. The SMILES string of the molecule is COc1ccc(C=N)cc1OCCNCCc1ccc(Br)cc1.NC(=O)c1ccc(O)c(Cl)c1. The summed E-state index contributed by atoms with van der Waals surface area (Å²) in [7, 11) is 1.61. The molecule has 1 amide bonds. The molecule has 0 heterocycles. The van der Waals surface area contributed by atoms with Crippen LogP contribution in [0.4, 0.5) is 0 Å². The van der Waals surface area contributed by atoms with Crippen LogP contribution in [0.5, 0.6) is 17.2 Å². The minimum Gasteiger partial charge on any atom is -0.506 e. The van der Waals surface area contributed by atoms with Gasteiger partial charge in [0.25, 0.3) is 0 Å². The number of nitrogens with one attached hydrogen (secondary N) is 2. The van der Waals surface area contributed by atoms with E-state index in [-0.39, 0.29) is 16.3 Å². The van der Waals surface area contributed by atoms with Crippen molar-refractivity contribution in [2.45, 2.75) is 6.42 Å². The fourth-order valence-corrected chi connectivity index (χ4v) is 3.24. The van der Waals surface area contributed by atoms with Crippen LogP contribution in [0.25, 0.3) is 0 Å². The second kappa shape index (κ2) is 14.2. The third-order valence-corrected chi connectivity index (χ3v) is 5.46. The van der Waals surface area contributed by atoms with E-state index in [4.69, 9.17) is 37.3 Å². The van der Waals surface area contributed by atoms with Crippen molar-refractivity contribution < 1.29 is 19.4 Å². The predicted molar refractivity (Wildman–Crippen MR) is 139 cm³/mol. The second-order valence-electron chi connectivity index (χ2n) is 7.06. The van der Waals surface area contributed by atoms with E-state index in [0.717, 1.165) is 29.5 Å². The third-order valence-electron chi connectivity index (χ3n) is 4.63. The summed E-state index contributed by atoms with van der Waals surface area (Å²) in [6.07, 6.45) is 2.28. The third kappa shape index (κ3) is 9.05. The molecule has 34 heavy (non-hydrogen) atoms. The highest BCUT2D eigenvalue weighted by molar-refractivity contribution is 9.10. The quantitative estimate of drug-likeness (QED) is 0.214. The highest BCUT2D eigenvalue weighted by Crippen LogP contribution is 2.27. The molecule has 0 bridgehead atoms. The number of aromatic hydroxyl groups is 1. The average molecular weight is 549 g/mol. The van der Waals surface area contributed by atoms with Gasteiger partial charge in [0.05, 0.1) is 12.1 Å². The summed E-state index contributed by atoms with van der Waals surface area (Å²) in [6, 6.07) is 17.9. The van der Waals surface area contributed by atoms with Crippen molar-refractivity contribution in [2.24, 2.45) is 5.73 Å². The standard InChI is InChI=1S/C18H21BrN2O2.C7H6ClNO2/c1-22-17-7-4-15(13-20)12-18(17)23-11-10-21-9-8-14-2-5-16(19)6-3-14;8-5-3-4(7(9)11)1-2-6(5)10/h2-7,12-13,20-21H,8-11H2,1H3;1-3,10H,(H2,9,11). The van der Waals surface area contributed by atoms with E-state index in [1.165, 1.54) is 30.0 Å². The van der Waals surface area contributed by atoms with Crippen LogP contribution < -0.4 is 20.5 Å². The monoisotopic (exact) mass is 547 g/mol. The molecule has 9 heteroatoms. The molecule has 180 valence electrons. The zero-order valence-electron chi connectivity index (χ0n) is 18.7. The van der Waals surface area contributed by atoms with Crippen LogP contribution in [0.1, 0.15) is 21.5 Å². The molecule has 0 radical (unpaired) electrons. The van der Waals surface area contributed by atoms with Gasteiger partial charge in [0, 0.05) is 22.8 Å². The highest BCUT2D eigenvalue weighted by Gasteiger charge is 2.05. The van der Waals surface area contributed by atoms with Crippen molar-refractivity contribution in [1.29, 1.82) is 5.41 Å². The average Bonchev–Trinajstić information content (AvgIpc) is 2.84. The number of methoxy groups -OCH3 is 1. The number of hydrogen-bond acceptors (Lipinski definition) is 6. The van der Waals surface area contributed by atoms with Gasteiger partial charge in [-0.25, -0.2) is 0 Å². The molecule has 0 aliphatic rings. The normalized spacial score (nSPS) is 10.1.